The summed E-state index contributed by atoms with van der Waals surface area (Å²) in [6, 6.07) is 14.0. The lowest BCUT2D eigenvalue weighted by molar-refractivity contribution is -0.125. The van der Waals surface area contributed by atoms with E-state index in [4.69, 9.17) is 0 Å². The summed E-state index contributed by atoms with van der Waals surface area (Å²) in [7, 11) is 3.96. The van der Waals surface area contributed by atoms with Crippen molar-refractivity contribution < 1.29 is 9.59 Å². The third-order valence-electron chi connectivity index (χ3n) is 5.03. The van der Waals surface area contributed by atoms with Crippen LogP contribution < -0.4 is 4.90 Å². The minimum atomic E-state index is -0.0200. The maximum atomic E-state index is 12.9. The first-order valence-electron chi connectivity index (χ1n) is 8.94. The van der Waals surface area contributed by atoms with E-state index < -0.39 is 0 Å². The SMILES string of the molecule is CN(C)c1ccc(C(=O)C[C@@H](c2ccccc2)[C@@H]2CCCCC2=O)s1. The highest BCUT2D eigenvalue weighted by molar-refractivity contribution is 7.18. The molecule has 1 heterocycles. The molecular formula is C21H25NO2S. The Morgan fingerprint density at radius 3 is 2.56 bits per heavy atom. The van der Waals surface area contributed by atoms with Crippen molar-refractivity contribution in [3.8, 4) is 0 Å². The first-order valence-corrected chi connectivity index (χ1v) is 9.76. The molecule has 1 aliphatic rings. The molecule has 2 aromatic rings. The van der Waals surface area contributed by atoms with Crippen molar-refractivity contribution in [3.63, 3.8) is 0 Å². The van der Waals surface area contributed by atoms with Gasteiger partial charge in [0.05, 0.1) is 9.88 Å². The quantitative estimate of drug-likeness (QED) is 0.690. The monoisotopic (exact) mass is 355 g/mol. The van der Waals surface area contributed by atoms with E-state index in [1.165, 1.54) is 11.3 Å². The molecule has 1 aromatic carbocycles. The third-order valence-corrected chi connectivity index (χ3v) is 6.32. The van der Waals surface area contributed by atoms with Crippen LogP contribution >= 0.6 is 11.3 Å². The molecule has 1 saturated carbocycles. The van der Waals surface area contributed by atoms with Crippen molar-refractivity contribution in [3.05, 3.63) is 52.9 Å². The van der Waals surface area contributed by atoms with E-state index >= 15 is 0 Å². The Morgan fingerprint density at radius 2 is 1.92 bits per heavy atom. The summed E-state index contributed by atoms with van der Waals surface area (Å²) in [6.07, 6.45) is 4.04. The van der Waals surface area contributed by atoms with Gasteiger partial charge in [0.1, 0.15) is 5.78 Å². The average molecular weight is 356 g/mol. The number of hydrogen-bond donors (Lipinski definition) is 0. The van der Waals surface area contributed by atoms with Crippen molar-refractivity contribution >= 4 is 27.9 Å². The normalized spacial score (nSPS) is 18.8. The van der Waals surface area contributed by atoms with Crippen LogP contribution in [0.4, 0.5) is 5.00 Å². The molecular weight excluding hydrogens is 330 g/mol. The zero-order chi connectivity index (χ0) is 17.8. The van der Waals surface area contributed by atoms with E-state index in [1.807, 2.05) is 49.3 Å². The van der Waals surface area contributed by atoms with Crippen LogP contribution in [0.15, 0.2) is 42.5 Å². The van der Waals surface area contributed by atoms with Crippen LogP contribution in [0.2, 0.25) is 0 Å². The standard InChI is InChI=1S/C21H25NO2S/c1-22(2)21-13-12-20(25-21)19(24)14-17(15-8-4-3-5-9-15)16-10-6-7-11-18(16)23/h3-5,8-9,12-13,16-17H,6-7,10-11,14H2,1-2H3/t16-,17-/m0/s1. The van der Waals surface area contributed by atoms with E-state index in [0.29, 0.717) is 18.6 Å². The van der Waals surface area contributed by atoms with Crippen molar-refractivity contribution in [2.75, 3.05) is 19.0 Å². The van der Waals surface area contributed by atoms with Gasteiger partial charge in [-0.25, -0.2) is 0 Å². The van der Waals surface area contributed by atoms with Crippen LogP contribution in [-0.2, 0) is 4.79 Å². The highest BCUT2D eigenvalue weighted by Gasteiger charge is 2.33. The van der Waals surface area contributed by atoms with Crippen LogP contribution in [0.5, 0.6) is 0 Å². The topological polar surface area (TPSA) is 37.4 Å². The number of ketones is 2. The number of hydrogen-bond acceptors (Lipinski definition) is 4. The second-order valence-electron chi connectivity index (χ2n) is 7.00. The van der Waals surface area contributed by atoms with Crippen molar-refractivity contribution in [2.45, 2.75) is 38.0 Å². The van der Waals surface area contributed by atoms with Crippen LogP contribution in [0.3, 0.4) is 0 Å². The second kappa shape index (κ2) is 7.96. The predicted molar refractivity (Wildman–Crippen MR) is 104 cm³/mol. The summed E-state index contributed by atoms with van der Waals surface area (Å²) in [5.41, 5.74) is 1.11. The van der Waals surface area contributed by atoms with Gasteiger partial charge in [0.15, 0.2) is 5.78 Å². The zero-order valence-electron chi connectivity index (χ0n) is 14.9. The number of carbonyl (C=O) groups excluding carboxylic acids is 2. The molecule has 25 heavy (non-hydrogen) atoms. The van der Waals surface area contributed by atoms with E-state index in [-0.39, 0.29) is 17.6 Å². The van der Waals surface area contributed by atoms with E-state index in [9.17, 15) is 9.59 Å². The molecule has 1 fully saturated rings. The molecule has 0 N–H and O–H groups in total. The Bertz CT molecular complexity index is 735. The number of nitrogens with zero attached hydrogens (tertiary/aromatic N) is 1. The van der Waals surface area contributed by atoms with Gasteiger partial charge in [0.25, 0.3) is 0 Å². The molecule has 0 bridgehead atoms. The van der Waals surface area contributed by atoms with Crippen LogP contribution in [0, 0.1) is 5.92 Å². The minimum absolute atomic E-state index is 0.00796. The van der Waals surface area contributed by atoms with Crippen molar-refractivity contribution in [1.82, 2.24) is 0 Å². The van der Waals surface area contributed by atoms with Gasteiger partial charge < -0.3 is 4.90 Å². The molecule has 132 valence electrons. The largest absolute Gasteiger partial charge is 0.370 e. The summed E-state index contributed by atoms with van der Waals surface area (Å²) >= 11 is 1.53. The van der Waals surface area contributed by atoms with Gasteiger partial charge in [-0.05, 0) is 30.5 Å². The number of Topliss-reactive ketones (excluding diaryl/α,β-unsaturated/α-hetero) is 2. The molecule has 4 heteroatoms. The Balaban J connectivity index is 1.84. The number of rotatable bonds is 6. The molecule has 2 atom stereocenters. The third kappa shape index (κ3) is 4.18. The fraction of sp³-hybridized carbons (Fsp3) is 0.429. The lowest BCUT2D eigenvalue weighted by atomic mass is 9.74. The number of anilines is 1. The van der Waals surface area contributed by atoms with Crippen LogP contribution in [0.25, 0.3) is 0 Å². The van der Waals surface area contributed by atoms with E-state index in [1.54, 1.807) is 0 Å². The zero-order valence-corrected chi connectivity index (χ0v) is 15.7. The molecule has 3 nitrogen and oxygen atoms in total. The van der Waals surface area contributed by atoms with Crippen molar-refractivity contribution in [1.29, 1.82) is 0 Å². The Labute approximate surface area is 153 Å². The first-order chi connectivity index (χ1) is 12.1. The van der Waals surface area contributed by atoms with Gasteiger partial charge in [-0.3, -0.25) is 9.59 Å². The van der Waals surface area contributed by atoms with Crippen LogP contribution in [-0.4, -0.2) is 25.7 Å². The van der Waals surface area contributed by atoms with Gasteiger partial charge in [-0.2, -0.15) is 0 Å². The smallest absolute Gasteiger partial charge is 0.173 e. The molecule has 0 unspecified atom stereocenters. The second-order valence-corrected chi connectivity index (χ2v) is 8.06. The molecule has 0 spiro atoms. The summed E-state index contributed by atoms with van der Waals surface area (Å²) in [5.74, 6) is 0.443. The molecule has 0 aliphatic heterocycles. The highest BCUT2D eigenvalue weighted by atomic mass is 32.1. The van der Waals surface area contributed by atoms with Gasteiger partial charge in [0, 0.05) is 38.8 Å². The molecule has 0 radical (unpaired) electrons. The molecule has 0 saturated heterocycles. The summed E-state index contributed by atoms with van der Waals surface area (Å²) < 4.78 is 0. The van der Waals surface area contributed by atoms with E-state index in [0.717, 1.165) is 34.7 Å². The molecule has 3 rings (SSSR count). The fourth-order valence-corrected chi connectivity index (χ4v) is 4.52. The fourth-order valence-electron chi connectivity index (χ4n) is 3.65. The maximum Gasteiger partial charge on any atom is 0.173 e. The lowest BCUT2D eigenvalue weighted by Crippen LogP contribution is -2.27. The summed E-state index contributed by atoms with van der Waals surface area (Å²) in [4.78, 5) is 28.2. The van der Waals surface area contributed by atoms with Gasteiger partial charge in [0.2, 0.25) is 0 Å². The Kier molecular flexibility index (Phi) is 5.69. The van der Waals surface area contributed by atoms with Crippen LogP contribution in [0.1, 0.15) is 53.3 Å². The summed E-state index contributed by atoms with van der Waals surface area (Å²) in [5, 5.41) is 1.08. The number of benzene rings is 1. The summed E-state index contributed by atoms with van der Waals surface area (Å²) in [6.45, 7) is 0. The van der Waals surface area contributed by atoms with Gasteiger partial charge in [-0.1, -0.05) is 36.8 Å². The average Bonchev–Trinajstić information content (AvgIpc) is 3.12. The highest BCUT2D eigenvalue weighted by Crippen LogP contribution is 2.38. The molecule has 1 aromatic heterocycles. The molecule has 1 aliphatic carbocycles. The molecule has 0 amide bonds. The predicted octanol–water partition coefficient (Wildman–Crippen LogP) is 4.93. The number of thiophene rings is 1. The van der Waals surface area contributed by atoms with E-state index in [2.05, 4.69) is 12.1 Å². The maximum absolute atomic E-state index is 12.9. The Morgan fingerprint density at radius 1 is 1.16 bits per heavy atom. The van der Waals surface area contributed by atoms with Gasteiger partial charge in [-0.15, -0.1) is 11.3 Å². The number of carbonyl (C=O) groups is 2. The van der Waals surface area contributed by atoms with Gasteiger partial charge >= 0.3 is 0 Å². The minimum Gasteiger partial charge on any atom is -0.370 e. The first kappa shape index (κ1) is 17.9. The Hall–Kier alpha value is -1.94. The lowest BCUT2D eigenvalue weighted by Gasteiger charge is -2.29. The van der Waals surface area contributed by atoms with Crippen molar-refractivity contribution in [2.24, 2.45) is 5.92 Å².